The molecule has 2 heterocycles. The summed E-state index contributed by atoms with van der Waals surface area (Å²) >= 11 is 5.81. The number of halogens is 2. The molecule has 32 heavy (non-hydrogen) atoms. The first-order valence-electron chi connectivity index (χ1n) is 10.2. The lowest BCUT2D eigenvalue weighted by molar-refractivity contribution is -0.133. The Hall–Kier alpha value is -3.39. The Bertz CT molecular complexity index is 1070. The molecule has 0 saturated carbocycles. The number of rotatable bonds is 6. The zero-order chi connectivity index (χ0) is 22.3. The van der Waals surface area contributed by atoms with Crippen LogP contribution in [0.15, 0.2) is 60.9 Å². The minimum absolute atomic E-state index is 0.00966. The summed E-state index contributed by atoms with van der Waals surface area (Å²) in [5.74, 6) is 1.51. The summed E-state index contributed by atoms with van der Waals surface area (Å²) in [6.45, 7) is 2.58. The van der Waals surface area contributed by atoms with Crippen LogP contribution < -0.4 is 14.4 Å². The third kappa shape index (κ3) is 5.64. The van der Waals surface area contributed by atoms with Gasteiger partial charge in [-0.1, -0.05) is 29.8 Å². The maximum atomic E-state index is 13.4. The Morgan fingerprint density at radius 1 is 1.00 bits per heavy atom. The van der Waals surface area contributed by atoms with Crippen molar-refractivity contribution in [2.45, 2.75) is 6.42 Å². The monoisotopic (exact) mass is 456 g/mol. The maximum absolute atomic E-state index is 13.4. The number of carbonyl (C=O) groups excluding carboxylic acids is 1. The number of amides is 1. The number of ether oxygens (including phenoxy) is 2. The fraction of sp³-hybridized carbons (Fsp3) is 0.261. The van der Waals surface area contributed by atoms with Gasteiger partial charge in [0.15, 0.2) is 6.61 Å². The quantitative estimate of drug-likeness (QED) is 0.554. The summed E-state index contributed by atoms with van der Waals surface area (Å²) in [5, 5.41) is -0.0229. The topological polar surface area (TPSA) is 67.8 Å². The van der Waals surface area contributed by atoms with Crippen molar-refractivity contribution >= 4 is 23.3 Å². The molecule has 7 nitrogen and oxygen atoms in total. The van der Waals surface area contributed by atoms with Crippen molar-refractivity contribution in [1.82, 2.24) is 14.9 Å². The van der Waals surface area contributed by atoms with Crippen molar-refractivity contribution < 1.29 is 18.7 Å². The minimum Gasteiger partial charge on any atom is -0.484 e. The fourth-order valence-electron chi connectivity index (χ4n) is 3.37. The highest BCUT2D eigenvalue weighted by molar-refractivity contribution is 6.30. The van der Waals surface area contributed by atoms with Crippen LogP contribution in [0.25, 0.3) is 0 Å². The van der Waals surface area contributed by atoms with Crippen LogP contribution in [0.5, 0.6) is 17.4 Å². The van der Waals surface area contributed by atoms with E-state index in [1.54, 1.807) is 6.07 Å². The van der Waals surface area contributed by atoms with E-state index in [0.29, 0.717) is 42.8 Å². The Kier molecular flexibility index (Phi) is 7.01. The largest absolute Gasteiger partial charge is 0.484 e. The standard InChI is InChI=1S/C23H22ClFN4O3/c24-19-13-18(7-8-20(19)25)32-22-14-21(26-16-27-22)28-9-4-10-29(12-11-28)23(30)15-31-17-5-2-1-3-6-17/h1-3,5-8,13-14,16H,4,9-12,15H2. The minimum atomic E-state index is -0.514. The second-order valence-electron chi connectivity index (χ2n) is 7.22. The Balaban J connectivity index is 1.35. The van der Waals surface area contributed by atoms with Gasteiger partial charge >= 0.3 is 0 Å². The van der Waals surface area contributed by atoms with Crippen LogP contribution in [0.2, 0.25) is 5.02 Å². The molecule has 1 aromatic heterocycles. The summed E-state index contributed by atoms with van der Waals surface area (Å²) < 4.78 is 24.6. The lowest BCUT2D eigenvalue weighted by Crippen LogP contribution is -2.38. The predicted octanol–water partition coefficient (Wildman–Crippen LogP) is 4.18. The molecular weight excluding hydrogens is 435 g/mol. The van der Waals surface area contributed by atoms with Crippen LogP contribution in [-0.4, -0.2) is 53.6 Å². The molecule has 1 aliphatic heterocycles. The zero-order valence-electron chi connectivity index (χ0n) is 17.3. The Labute approximate surface area is 190 Å². The number of hydrogen-bond acceptors (Lipinski definition) is 6. The second kappa shape index (κ2) is 10.3. The summed E-state index contributed by atoms with van der Waals surface area (Å²) in [7, 11) is 0. The molecule has 0 spiro atoms. The molecule has 9 heteroatoms. The first-order valence-corrected chi connectivity index (χ1v) is 10.6. The first-order chi connectivity index (χ1) is 15.6. The predicted molar refractivity (Wildman–Crippen MR) is 119 cm³/mol. The number of aromatic nitrogens is 2. The number of benzene rings is 2. The zero-order valence-corrected chi connectivity index (χ0v) is 18.0. The lowest BCUT2D eigenvalue weighted by Gasteiger charge is -2.23. The highest BCUT2D eigenvalue weighted by atomic mass is 35.5. The molecule has 1 amide bonds. The summed E-state index contributed by atoms with van der Waals surface area (Å²) in [5.41, 5.74) is 0. The molecule has 1 fully saturated rings. The smallest absolute Gasteiger partial charge is 0.260 e. The van der Waals surface area contributed by atoms with E-state index in [0.717, 1.165) is 13.0 Å². The van der Waals surface area contributed by atoms with E-state index in [-0.39, 0.29) is 17.5 Å². The Morgan fingerprint density at radius 3 is 2.66 bits per heavy atom. The van der Waals surface area contributed by atoms with Crippen LogP contribution in [-0.2, 0) is 4.79 Å². The van der Waals surface area contributed by atoms with Gasteiger partial charge in [-0.25, -0.2) is 14.4 Å². The fourth-order valence-corrected chi connectivity index (χ4v) is 3.54. The maximum Gasteiger partial charge on any atom is 0.260 e. The molecule has 1 aliphatic rings. The number of para-hydroxylation sites is 1. The number of anilines is 1. The van der Waals surface area contributed by atoms with Crippen LogP contribution in [0, 0.1) is 5.82 Å². The van der Waals surface area contributed by atoms with E-state index in [1.165, 1.54) is 24.5 Å². The van der Waals surface area contributed by atoms with Crippen molar-refractivity contribution in [3.8, 4) is 17.4 Å². The molecule has 0 aliphatic carbocycles. The molecule has 0 N–H and O–H groups in total. The van der Waals surface area contributed by atoms with Gasteiger partial charge in [0.05, 0.1) is 5.02 Å². The van der Waals surface area contributed by atoms with Gasteiger partial charge in [0.25, 0.3) is 5.91 Å². The lowest BCUT2D eigenvalue weighted by atomic mass is 10.3. The van der Waals surface area contributed by atoms with Gasteiger partial charge in [-0.2, -0.15) is 0 Å². The van der Waals surface area contributed by atoms with E-state index >= 15 is 0 Å². The summed E-state index contributed by atoms with van der Waals surface area (Å²) in [6, 6.07) is 15.1. The summed E-state index contributed by atoms with van der Waals surface area (Å²) in [6.07, 6.45) is 2.21. The molecule has 0 unspecified atom stereocenters. The van der Waals surface area contributed by atoms with Gasteiger partial charge in [0.1, 0.15) is 29.5 Å². The number of carbonyl (C=O) groups is 1. The van der Waals surface area contributed by atoms with Crippen LogP contribution in [0.4, 0.5) is 10.2 Å². The average molecular weight is 457 g/mol. The molecule has 166 valence electrons. The van der Waals surface area contributed by atoms with Gasteiger partial charge in [-0.05, 0) is 30.7 Å². The molecule has 1 saturated heterocycles. The van der Waals surface area contributed by atoms with Gasteiger partial charge < -0.3 is 19.3 Å². The van der Waals surface area contributed by atoms with Crippen molar-refractivity contribution in [2.24, 2.45) is 0 Å². The van der Waals surface area contributed by atoms with E-state index in [9.17, 15) is 9.18 Å². The Morgan fingerprint density at radius 2 is 1.84 bits per heavy atom. The van der Waals surface area contributed by atoms with Crippen molar-refractivity contribution in [3.05, 3.63) is 71.8 Å². The van der Waals surface area contributed by atoms with E-state index < -0.39 is 5.82 Å². The normalized spacial score (nSPS) is 14.1. The van der Waals surface area contributed by atoms with Crippen LogP contribution >= 0.6 is 11.6 Å². The van der Waals surface area contributed by atoms with Crippen LogP contribution in [0.1, 0.15) is 6.42 Å². The highest BCUT2D eigenvalue weighted by Gasteiger charge is 2.21. The number of nitrogens with zero attached hydrogens (tertiary/aromatic N) is 4. The molecular formula is C23H22ClFN4O3. The van der Waals surface area contributed by atoms with Gasteiger partial charge in [-0.15, -0.1) is 0 Å². The molecule has 3 aromatic rings. The molecule has 2 aromatic carbocycles. The molecule has 0 bridgehead atoms. The first kappa shape index (κ1) is 21.8. The van der Waals surface area contributed by atoms with E-state index in [4.69, 9.17) is 21.1 Å². The van der Waals surface area contributed by atoms with Crippen molar-refractivity contribution in [3.63, 3.8) is 0 Å². The molecule has 4 rings (SSSR count). The summed E-state index contributed by atoms with van der Waals surface area (Å²) in [4.78, 5) is 24.9. The van der Waals surface area contributed by atoms with Crippen molar-refractivity contribution in [1.29, 1.82) is 0 Å². The van der Waals surface area contributed by atoms with Crippen LogP contribution in [0.3, 0.4) is 0 Å². The highest BCUT2D eigenvalue weighted by Crippen LogP contribution is 2.26. The average Bonchev–Trinajstić information content (AvgIpc) is 3.07. The third-order valence-corrected chi connectivity index (χ3v) is 5.31. The number of hydrogen-bond donors (Lipinski definition) is 0. The van der Waals surface area contributed by atoms with E-state index in [1.807, 2.05) is 35.2 Å². The van der Waals surface area contributed by atoms with Gasteiger partial charge in [0.2, 0.25) is 5.88 Å². The molecule has 0 radical (unpaired) electrons. The third-order valence-electron chi connectivity index (χ3n) is 5.02. The van der Waals surface area contributed by atoms with Gasteiger partial charge in [-0.3, -0.25) is 4.79 Å². The van der Waals surface area contributed by atoms with E-state index in [2.05, 4.69) is 14.9 Å². The van der Waals surface area contributed by atoms with Gasteiger partial charge in [0, 0.05) is 38.3 Å². The SMILES string of the molecule is O=C(COc1ccccc1)N1CCCN(c2cc(Oc3ccc(F)c(Cl)c3)ncn2)CC1. The second-order valence-corrected chi connectivity index (χ2v) is 7.62. The van der Waals surface area contributed by atoms with Crippen molar-refractivity contribution in [2.75, 3.05) is 37.7 Å². The molecule has 0 atom stereocenters.